The third-order valence-corrected chi connectivity index (χ3v) is 7.32. The fourth-order valence-corrected chi connectivity index (χ4v) is 5.39. The fraction of sp³-hybridized carbons (Fsp3) is 0.259. The molecule has 7 nitrogen and oxygen atoms in total. The molecule has 0 bridgehead atoms. The molecule has 1 amide bonds. The summed E-state index contributed by atoms with van der Waals surface area (Å²) in [6.45, 7) is 7.63. The van der Waals surface area contributed by atoms with E-state index in [9.17, 15) is 14.4 Å². The van der Waals surface area contributed by atoms with Crippen LogP contribution in [0, 0.1) is 13.8 Å². The van der Waals surface area contributed by atoms with E-state index < -0.39 is 17.9 Å². The molecule has 1 aliphatic rings. The van der Waals surface area contributed by atoms with Crippen LogP contribution < -0.4 is 10.3 Å². The molecule has 0 spiro atoms. The van der Waals surface area contributed by atoms with Crippen LogP contribution in [0.25, 0.3) is 11.0 Å². The standard InChI is InChI=1S/C27H24N2O5S/c1-5-16-8-10-17(11-9-16)21-20-22(30)18-13-14(3)7-12-19(18)34-23(20)25(31)29(21)27-28-15(4)24(35-27)26(32)33-6-2/h7-13,21H,5-6H2,1-4H3/t21-/m1/s1. The highest BCUT2D eigenvalue weighted by atomic mass is 32.1. The SMILES string of the molecule is CCOC(=O)c1sc(N2C(=O)c3oc4ccc(C)cc4c(=O)c3[C@H]2c2ccc(CC)cc2)nc1C. The zero-order valence-corrected chi connectivity index (χ0v) is 20.7. The van der Waals surface area contributed by atoms with Gasteiger partial charge in [0.2, 0.25) is 5.76 Å². The molecular weight excluding hydrogens is 464 g/mol. The molecule has 2 aromatic heterocycles. The van der Waals surface area contributed by atoms with E-state index in [0.29, 0.717) is 26.7 Å². The van der Waals surface area contributed by atoms with Crippen LogP contribution in [-0.2, 0) is 11.2 Å². The number of aryl methyl sites for hydroxylation is 3. The van der Waals surface area contributed by atoms with Crippen LogP contribution >= 0.6 is 11.3 Å². The maximum absolute atomic E-state index is 13.7. The second-order valence-electron chi connectivity index (χ2n) is 8.48. The highest BCUT2D eigenvalue weighted by Gasteiger charge is 2.45. The molecular formula is C27H24N2O5S. The maximum atomic E-state index is 13.7. The van der Waals surface area contributed by atoms with E-state index in [1.165, 1.54) is 4.90 Å². The van der Waals surface area contributed by atoms with Gasteiger partial charge in [-0.3, -0.25) is 14.5 Å². The highest BCUT2D eigenvalue weighted by molar-refractivity contribution is 7.17. The van der Waals surface area contributed by atoms with Crippen molar-refractivity contribution >= 4 is 39.3 Å². The van der Waals surface area contributed by atoms with Crippen molar-refractivity contribution in [2.75, 3.05) is 11.5 Å². The number of ether oxygens (including phenoxy) is 1. The number of benzene rings is 2. The van der Waals surface area contributed by atoms with Crippen molar-refractivity contribution in [2.45, 2.75) is 40.2 Å². The van der Waals surface area contributed by atoms with Gasteiger partial charge in [0.1, 0.15) is 10.5 Å². The zero-order valence-electron chi connectivity index (χ0n) is 19.9. The summed E-state index contributed by atoms with van der Waals surface area (Å²) in [7, 11) is 0. The van der Waals surface area contributed by atoms with Gasteiger partial charge in [0.25, 0.3) is 5.91 Å². The number of esters is 1. The van der Waals surface area contributed by atoms with Crippen molar-refractivity contribution in [3.63, 3.8) is 0 Å². The highest BCUT2D eigenvalue weighted by Crippen LogP contribution is 2.43. The Morgan fingerprint density at radius 2 is 1.86 bits per heavy atom. The van der Waals surface area contributed by atoms with E-state index >= 15 is 0 Å². The first kappa shape index (κ1) is 23.0. The van der Waals surface area contributed by atoms with E-state index in [0.717, 1.165) is 34.4 Å². The Morgan fingerprint density at radius 1 is 1.11 bits per heavy atom. The lowest BCUT2D eigenvalue weighted by atomic mass is 9.97. The second-order valence-corrected chi connectivity index (χ2v) is 9.46. The summed E-state index contributed by atoms with van der Waals surface area (Å²) in [6.07, 6.45) is 0.866. The molecule has 0 fully saturated rings. The minimum absolute atomic E-state index is 0.00135. The summed E-state index contributed by atoms with van der Waals surface area (Å²) in [5.74, 6) is -0.952. The van der Waals surface area contributed by atoms with Crippen LogP contribution in [-0.4, -0.2) is 23.5 Å². The van der Waals surface area contributed by atoms with Gasteiger partial charge in [0.05, 0.1) is 29.3 Å². The van der Waals surface area contributed by atoms with Gasteiger partial charge in [-0.15, -0.1) is 0 Å². The maximum Gasteiger partial charge on any atom is 0.350 e. The number of carbonyl (C=O) groups excluding carboxylic acids is 2. The monoisotopic (exact) mass is 488 g/mol. The van der Waals surface area contributed by atoms with Crippen molar-refractivity contribution in [1.29, 1.82) is 0 Å². The first-order chi connectivity index (χ1) is 16.8. The number of hydrogen-bond acceptors (Lipinski definition) is 7. The normalized spacial score (nSPS) is 15.0. The number of hydrogen-bond donors (Lipinski definition) is 0. The molecule has 178 valence electrons. The smallest absolute Gasteiger partial charge is 0.350 e. The van der Waals surface area contributed by atoms with Crippen molar-refractivity contribution in [1.82, 2.24) is 4.98 Å². The first-order valence-corrected chi connectivity index (χ1v) is 12.3. The molecule has 4 aromatic rings. The van der Waals surface area contributed by atoms with Gasteiger partial charge in [-0.25, -0.2) is 9.78 Å². The predicted molar refractivity (Wildman–Crippen MR) is 135 cm³/mol. The number of anilines is 1. The zero-order chi connectivity index (χ0) is 24.9. The molecule has 8 heteroatoms. The molecule has 0 saturated heterocycles. The number of rotatable bonds is 5. The number of carbonyl (C=O) groups is 2. The number of thiazole rings is 1. The number of amides is 1. The van der Waals surface area contributed by atoms with Crippen molar-refractivity contribution < 1.29 is 18.7 Å². The van der Waals surface area contributed by atoms with Crippen molar-refractivity contribution in [2.24, 2.45) is 0 Å². The summed E-state index contributed by atoms with van der Waals surface area (Å²) >= 11 is 1.07. The Bertz CT molecular complexity index is 1530. The molecule has 5 rings (SSSR count). The van der Waals surface area contributed by atoms with Crippen LogP contribution in [0.15, 0.2) is 51.7 Å². The number of nitrogens with zero attached hydrogens (tertiary/aromatic N) is 2. The van der Waals surface area contributed by atoms with E-state index in [2.05, 4.69) is 11.9 Å². The molecule has 2 aromatic carbocycles. The van der Waals surface area contributed by atoms with Gasteiger partial charge in [-0.1, -0.05) is 54.2 Å². The van der Waals surface area contributed by atoms with Crippen molar-refractivity contribution in [3.05, 3.63) is 91.3 Å². The number of aromatic nitrogens is 1. The summed E-state index contributed by atoms with van der Waals surface area (Å²) < 4.78 is 11.2. The molecule has 35 heavy (non-hydrogen) atoms. The summed E-state index contributed by atoms with van der Waals surface area (Å²) in [5, 5.41) is 0.738. The van der Waals surface area contributed by atoms with Gasteiger partial charge in [-0.2, -0.15) is 0 Å². The minimum Gasteiger partial charge on any atom is -0.462 e. The Kier molecular flexibility index (Phi) is 5.76. The minimum atomic E-state index is -0.731. The van der Waals surface area contributed by atoms with Gasteiger partial charge in [0, 0.05) is 0 Å². The van der Waals surface area contributed by atoms with Gasteiger partial charge >= 0.3 is 5.97 Å². The average molecular weight is 489 g/mol. The molecule has 0 aliphatic carbocycles. The Labute approximate surface area is 206 Å². The molecule has 0 saturated carbocycles. The van der Waals surface area contributed by atoms with E-state index in [1.54, 1.807) is 26.0 Å². The largest absolute Gasteiger partial charge is 0.462 e. The lowest BCUT2D eigenvalue weighted by Gasteiger charge is -2.22. The van der Waals surface area contributed by atoms with Gasteiger partial charge in [-0.05, 0) is 50.5 Å². The Balaban J connectivity index is 1.74. The van der Waals surface area contributed by atoms with E-state index in [-0.39, 0.29) is 23.4 Å². The summed E-state index contributed by atoms with van der Waals surface area (Å²) in [5.41, 5.74) is 3.68. The molecule has 1 atom stereocenters. The average Bonchev–Trinajstić information content (AvgIpc) is 3.37. The van der Waals surface area contributed by atoms with E-state index in [4.69, 9.17) is 9.15 Å². The van der Waals surface area contributed by atoms with Crippen LogP contribution in [0.3, 0.4) is 0 Å². The van der Waals surface area contributed by atoms with Crippen LogP contribution in [0.1, 0.15) is 68.1 Å². The topological polar surface area (TPSA) is 89.7 Å². The Hall–Kier alpha value is -3.78. The summed E-state index contributed by atoms with van der Waals surface area (Å²) in [4.78, 5) is 46.2. The van der Waals surface area contributed by atoms with E-state index in [1.807, 2.05) is 37.3 Å². The first-order valence-electron chi connectivity index (χ1n) is 11.5. The van der Waals surface area contributed by atoms with Gasteiger partial charge in [0.15, 0.2) is 10.6 Å². The number of fused-ring (bicyclic) bond motifs is 2. The van der Waals surface area contributed by atoms with Crippen LogP contribution in [0.5, 0.6) is 0 Å². The molecule has 3 heterocycles. The quantitative estimate of drug-likeness (QED) is 0.352. The Morgan fingerprint density at radius 3 is 2.54 bits per heavy atom. The molecule has 0 N–H and O–H groups in total. The fourth-order valence-electron chi connectivity index (χ4n) is 4.41. The second kappa shape index (κ2) is 8.78. The molecule has 0 radical (unpaired) electrons. The van der Waals surface area contributed by atoms with Crippen molar-refractivity contribution in [3.8, 4) is 0 Å². The van der Waals surface area contributed by atoms with Crippen LogP contribution in [0.4, 0.5) is 5.13 Å². The molecule has 1 aliphatic heterocycles. The predicted octanol–water partition coefficient (Wildman–Crippen LogP) is 5.36. The lowest BCUT2D eigenvalue weighted by molar-refractivity contribution is 0.0531. The molecule has 0 unspecified atom stereocenters. The lowest BCUT2D eigenvalue weighted by Crippen LogP contribution is -2.29. The van der Waals surface area contributed by atoms with Crippen LogP contribution in [0.2, 0.25) is 0 Å². The third kappa shape index (κ3) is 3.74. The third-order valence-electron chi connectivity index (χ3n) is 6.18. The van der Waals surface area contributed by atoms with Gasteiger partial charge < -0.3 is 9.15 Å². The summed E-state index contributed by atoms with van der Waals surface area (Å²) in [6, 6.07) is 12.4.